The van der Waals surface area contributed by atoms with Gasteiger partial charge in [-0.3, -0.25) is 19.7 Å². The highest BCUT2D eigenvalue weighted by molar-refractivity contribution is 8.03. The Morgan fingerprint density at radius 3 is 2.73 bits per heavy atom. The third-order valence-corrected chi connectivity index (χ3v) is 5.33. The van der Waals surface area contributed by atoms with Crippen LogP contribution in [0.2, 0.25) is 0 Å². The maximum Gasteiger partial charge on any atom is 0.269 e. The average Bonchev–Trinajstić information content (AvgIpc) is 2.73. The Balaban J connectivity index is 1.78. The summed E-state index contributed by atoms with van der Waals surface area (Å²) in [6, 6.07) is 13.1. The van der Waals surface area contributed by atoms with Gasteiger partial charge in [-0.2, -0.15) is 5.26 Å². The molecule has 3 rings (SSSR count). The van der Waals surface area contributed by atoms with Crippen molar-refractivity contribution in [2.24, 2.45) is 0 Å². The molecule has 0 saturated carbocycles. The molecule has 2 aromatic rings. The minimum Gasteiger partial charge on any atom is -0.325 e. The summed E-state index contributed by atoms with van der Waals surface area (Å²) in [6.45, 7) is 0. The molecule has 0 bridgehead atoms. The maximum atomic E-state index is 12.9. The minimum absolute atomic E-state index is 0.0318. The van der Waals surface area contributed by atoms with Crippen molar-refractivity contribution in [3.05, 3.63) is 80.6 Å². The Kier molecular flexibility index (Phi) is 6.44. The number of nitro groups is 1. The van der Waals surface area contributed by atoms with Crippen LogP contribution in [0.15, 0.2) is 59.1 Å². The molecule has 0 saturated heterocycles. The lowest BCUT2D eigenvalue weighted by atomic mass is 9.87. The number of nitrogens with zero attached hydrogens (tertiary/aromatic N) is 2. The van der Waals surface area contributed by atoms with E-state index in [4.69, 9.17) is 0 Å². The summed E-state index contributed by atoms with van der Waals surface area (Å²) in [5, 5.41) is 26.1. The zero-order valence-electron chi connectivity index (χ0n) is 15.4. The van der Waals surface area contributed by atoms with E-state index in [1.54, 1.807) is 6.07 Å². The van der Waals surface area contributed by atoms with Crippen LogP contribution in [0.1, 0.15) is 17.9 Å². The number of hydrogen-bond acceptors (Lipinski definition) is 6. The van der Waals surface area contributed by atoms with Gasteiger partial charge in [0.05, 0.1) is 27.3 Å². The van der Waals surface area contributed by atoms with Crippen LogP contribution in [0.25, 0.3) is 0 Å². The van der Waals surface area contributed by atoms with Crippen LogP contribution >= 0.6 is 11.8 Å². The molecule has 0 fully saturated rings. The molecule has 30 heavy (non-hydrogen) atoms. The summed E-state index contributed by atoms with van der Waals surface area (Å²) in [4.78, 5) is 34.8. The van der Waals surface area contributed by atoms with Gasteiger partial charge in [-0.05, 0) is 29.8 Å². The number of benzene rings is 2. The zero-order chi connectivity index (χ0) is 21.7. The van der Waals surface area contributed by atoms with Crippen LogP contribution in [-0.2, 0) is 9.59 Å². The van der Waals surface area contributed by atoms with Crippen molar-refractivity contribution in [2.45, 2.75) is 12.3 Å². The van der Waals surface area contributed by atoms with Gasteiger partial charge in [0.2, 0.25) is 11.8 Å². The molecule has 1 aliphatic heterocycles. The third kappa shape index (κ3) is 5.01. The number of halogens is 1. The van der Waals surface area contributed by atoms with Crippen LogP contribution in [0.3, 0.4) is 0 Å². The van der Waals surface area contributed by atoms with Crippen LogP contribution in [-0.4, -0.2) is 22.5 Å². The number of thioether (sulfide) groups is 1. The molecule has 2 amide bonds. The van der Waals surface area contributed by atoms with E-state index in [0.717, 1.165) is 11.8 Å². The highest BCUT2D eigenvalue weighted by atomic mass is 32.2. The molecule has 1 aliphatic rings. The van der Waals surface area contributed by atoms with Gasteiger partial charge >= 0.3 is 0 Å². The number of nitriles is 1. The standard InChI is InChI=1S/C20H15FN4O4S/c21-13-4-6-14(7-5-13)23-19(27)11-30-20-17(10-22)16(9-18(26)24-20)12-2-1-3-15(8-12)25(28)29/h1-8,16H,9,11H2,(H,23,27)(H,24,26)/t16-/m0/s1. The summed E-state index contributed by atoms with van der Waals surface area (Å²) in [5.74, 6) is -1.93. The van der Waals surface area contributed by atoms with Crippen LogP contribution in [0, 0.1) is 27.3 Å². The Labute approximate surface area is 174 Å². The van der Waals surface area contributed by atoms with Gasteiger partial charge in [-0.1, -0.05) is 23.9 Å². The number of allylic oxidation sites excluding steroid dienone is 1. The first-order valence-corrected chi connectivity index (χ1v) is 9.72. The van der Waals surface area contributed by atoms with E-state index >= 15 is 0 Å². The average molecular weight is 426 g/mol. The number of carbonyl (C=O) groups excluding carboxylic acids is 2. The van der Waals surface area contributed by atoms with Gasteiger partial charge in [0, 0.05) is 30.2 Å². The van der Waals surface area contributed by atoms with Gasteiger partial charge in [0.15, 0.2) is 0 Å². The Morgan fingerprint density at radius 2 is 2.07 bits per heavy atom. The zero-order valence-corrected chi connectivity index (χ0v) is 16.2. The quantitative estimate of drug-likeness (QED) is 0.538. The van der Waals surface area contributed by atoms with Crippen LogP contribution in [0.5, 0.6) is 0 Å². The van der Waals surface area contributed by atoms with E-state index in [1.807, 2.05) is 0 Å². The predicted molar refractivity (Wildman–Crippen MR) is 109 cm³/mol. The molecule has 2 N–H and O–H groups in total. The normalized spacial score (nSPS) is 15.9. The molecule has 8 nitrogen and oxygen atoms in total. The summed E-state index contributed by atoms with van der Waals surface area (Å²) in [5.41, 5.74) is 0.987. The number of rotatable bonds is 6. The molecule has 0 spiro atoms. The first-order chi connectivity index (χ1) is 14.4. The van der Waals surface area contributed by atoms with Gasteiger partial charge < -0.3 is 10.6 Å². The number of amides is 2. The fraction of sp³-hybridized carbons (Fsp3) is 0.150. The molecular weight excluding hydrogens is 411 g/mol. The molecule has 0 radical (unpaired) electrons. The lowest BCUT2D eigenvalue weighted by Crippen LogP contribution is -2.31. The van der Waals surface area contributed by atoms with E-state index in [1.165, 1.54) is 42.5 Å². The SMILES string of the molecule is N#CC1=C(SCC(=O)Nc2ccc(F)cc2)NC(=O)C[C@H]1c1cccc([N+](=O)[O-])c1. The van der Waals surface area contributed by atoms with Crippen molar-refractivity contribution in [3.8, 4) is 6.07 Å². The molecule has 0 aromatic heterocycles. The van der Waals surface area contributed by atoms with Crippen molar-refractivity contribution in [2.75, 3.05) is 11.1 Å². The predicted octanol–water partition coefficient (Wildman–Crippen LogP) is 3.44. The summed E-state index contributed by atoms with van der Waals surface area (Å²) < 4.78 is 12.9. The van der Waals surface area contributed by atoms with Crippen molar-refractivity contribution >= 4 is 35.0 Å². The highest BCUT2D eigenvalue weighted by Crippen LogP contribution is 2.36. The van der Waals surface area contributed by atoms with Gasteiger partial charge in [-0.15, -0.1) is 0 Å². The fourth-order valence-electron chi connectivity index (χ4n) is 2.94. The minimum atomic E-state index is -0.647. The number of non-ortho nitro benzene ring substituents is 1. The fourth-order valence-corrected chi connectivity index (χ4v) is 3.82. The number of nitrogens with one attached hydrogen (secondary N) is 2. The number of carbonyl (C=O) groups is 2. The van der Waals surface area contributed by atoms with Crippen LogP contribution < -0.4 is 10.6 Å². The second kappa shape index (κ2) is 9.19. The lowest BCUT2D eigenvalue weighted by molar-refractivity contribution is -0.384. The molecule has 0 unspecified atom stereocenters. The van der Waals surface area contributed by atoms with E-state index in [9.17, 15) is 29.4 Å². The Bertz CT molecular complexity index is 1080. The largest absolute Gasteiger partial charge is 0.325 e. The third-order valence-electron chi connectivity index (χ3n) is 4.31. The van der Waals surface area contributed by atoms with E-state index in [0.29, 0.717) is 11.3 Å². The molecule has 1 heterocycles. The molecular formula is C20H15FN4O4S. The van der Waals surface area contributed by atoms with Gasteiger partial charge in [-0.25, -0.2) is 4.39 Å². The second-order valence-corrected chi connectivity index (χ2v) is 7.34. The van der Waals surface area contributed by atoms with Crippen LogP contribution in [0.4, 0.5) is 15.8 Å². The van der Waals surface area contributed by atoms with E-state index in [2.05, 4.69) is 16.7 Å². The number of anilines is 1. The second-order valence-electron chi connectivity index (χ2n) is 6.36. The highest BCUT2D eigenvalue weighted by Gasteiger charge is 2.30. The van der Waals surface area contributed by atoms with E-state index < -0.39 is 22.6 Å². The molecule has 1 atom stereocenters. The molecule has 0 aliphatic carbocycles. The number of hydrogen-bond donors (Lipinski definition) is 2. The summed E-state index contributed by atoms with van der Waals surface area (Å²) in [6.07, 6.45) is -0.0318. The monoisotopic (exact) mass is 426 g/mol. The molecule has 10 heteroatoms. The lowest BCUT2D eigenvalue weighted by Gasteiger charge is -2.24. The first kappa shape index (κ1) is 21.0. The van der Waals surface area contributed by atoms with Crippen molar-refractivity contribution in [3.63, 3.8) is 0 Å². The van der Waals surface area contributed by atoms with Crippen molar-refractivity contribution in [1.82, 2.24) is 5.32 Å². The van der Waals surface area contributed by atoms with E-state index in [-0.39, 0.29) is 34.4 Å². The Hall–Kier alpha value is -3.71. The maximum absolute atomic E-state index is 12.9. The van der Waals surface area contributed by atoms with Gasteiger partial charge in [0.1, 0.15) is 5.82 Å². The van der Waals surface area contributed by atoms with Gasteiger partial charge in [0.25, 0.3) is 5.69 Å². The van der Waals surface area contributed by atoms with Crippen molar-refractivity contribution in [1.29, 1.82) is 5.26 Å². The smallest absolute Gasteiger partial charge is 0.269 e. The summed E-state index contributed by atoms with van der Waals surface area (Å²) >= 11 is 0.978. The molecule has 152 valence electrons. The van der Waals surface area contributed by atoms with Crippen molar-refractivity contribution < 1.29 is 18.9 Å². The number of nitro benzene ring substituents is 1. The topological polar surface area (TPSA) is 125 Å². The Morgan fingerprint density at radius 1 is 1.33 bits per heavy atom. The molecule has 2 aromatic carbocycles. The summed E-state index contributed by atoms with van der Waals surface area (Å²) in [7, 11) is 0. The first-order valence-electron chi connectivity index (χ1n) is 8.74.